The summed E-state index contributed by atoms with van der Waals surface area (Å²) in [6.07, 6.45) is -5.20. The highest BCUT2D eigenvalue weighted by atomic mass is 19.4. The molecule has 4 rings (SSSR count). The number of H-pyrrole nitrogens is 1. The molecule has 2 aromatic heterocycles. The number of nitrogens with two attached hydrogens (primary N) is 1. The van der Waals surface area contributed by atoms with Gasteiger partial charge in [0.25, 0.3) is 11.5 Å². The van der Waals surface area contributed by atoms with Crippen molar-refractivity contribution in [3.63, 3.8) is 0 Å². The molecule has 2 fully saturated rings. The van der Waals surface area contributed by atoms with Gasteiger partial charge in [0.15, 0.2) is 0 Å². The van der Waals surface area contributed by atoms with Gasteiger partial charge in [0.2, 0.25) is 5.95 Å². The van der Waals surface area contributed by atoms with E-state index in [-0.39, 0.29) is 17.9 Å². The van der Waals surface area contributed by atoms with Gasteiger partial charge in [-0.05, 0) is 26.2 Å². The van der Waals surface area contributed by atoms with Crippen molar-refractivity contribution in [2.45, 2.75) is 77.1 Å². The maximum absolute atomic E-state index is 12.6. The Morgan fingerprint density at radius 1 is 1.02 bits per heavy atom. The number of alkyl halides is 6. The maximum atomic E-state index is 12.6. The first kappa shape index (κ1) is 34.7. The first-order chi connectivity index (χ1) is 19.7. The zero-order chi connectivity index (χ0) is 31.7. The predicted molar refractivity (Wildman–Crippen MR) is 140 cm³/mol. The number of piperidine rings is 1. The largest absolute Gasteiger partial charge is 0.423 e. The molecule has 0 spiro atoms. The van der Waals surface area contributed by atoms with Crippen LogP contribution in [0.4, 0.5) is 38.0 Å². The number of likely N-dealkylation sites (tertiary alicyclic amines) is 1. The number of hydrogen-bond acceptors (Lipinski definition) is 9. The molecule has 0 saturated carbocycles. The Bertz CT molecular complexity index is 1180. The van der Waals surface area contributed by atoms with Crippen LogP contribution in [0.15, 0.2) is 23.4 Å². The van der Waals surface area contributed by atoms with Crippen molar-refractivity contribution in [2.24, 2.45) is 0 Å². The molecule has 2 saturated heterocycles. The minimum atomic E-state index is -4.74. The summed E-state index contributed by atoms with van der Waals surface area (Å²) >= 11 is 0. The van der Waals surface area contributed by atoms with Crippen LogP contribution in [0.3, 0.4) is 0 Å². The Hall–Kier alpha value is -3.47. The molecule has 236 valence electrons. The van der Waals surface area contributed by atoms with Crippen LogP contribution in [0.5, 0.6) is 0 Å². The molecule has 2 atom stereocenters. The Balaban J connectivity index is 0.000000368. The van der Waals surface area contributed by atoms with Crippen LogP contribution in [-0.4, -0.2) is 80.6 Å². The van der Waals surface area contributed by atoms with Crippen molar-refractivity contribution in [3.05, 3.63) is 40.1 Å². The van der Waals surface area contributed by atoms with Crippen LogP contribution in [-0.2, 0) is 21.9 Å². The molecule has 17 heteroatoms. The average Bonchev–Trinajstić information content (AvgIpc) is 3.29. The molecule has 2 aliphatic rings. The molecule has 0 radical (unpaired) electrons. The molecular weight excluding hydrogens is 576 g/mol. The fraction of sp³-hybridized carbons (Fsp3) is 0.640. The fourth-order valence-electron chi connectivity index (χ4n) is 4.29. The Labute approximate surface area is 238 Å². The van der Waals surface area contributed by atoms with Crippen LogP contribution < -0.4 is 16.2 Å². The van der Waals surface area contributed by atoms with Gasteiger partial charge in [0.1, 0.15) is 11.7 Å². The van der Waals surface area contributed by atoms with Crippen molar-refractivity contribution in [2.75, 3.05) is 36.9 Å². The van der Waals surface area contributed by atoms with Crippen LogP contribution in [0.1, 0.15) is 57.6 Å². The first-order valence-corrected chi connectivity index (χ1v) is 13.3. The van der Waals surface area contributed by atoms with Gasteiger partial charge in [-0.15, -0.1) is 0 Å². The predicted octanol–water partition coefficient (Wildman–Crippen LogP) is 3.25. The van der Waals surface area contributed by atoms with Crippen LogP contribution in [0, 0.1) is 0 Å². The number of rotatable bonds is 6. The minimum Gasteiger partial charge on any atom is -0.397 e. The Morgan fingerprint density at radius 2 is 1.62 bits per heavy atom. The number of aromatic nitrogens is 4. The number of aliphatic hydroxyl groups excluding tert-OH is 1. The lowest BCUT2D eigenvalue weighted by Crippen LogP contribution is -2.47. The lowest BCUT2D eigenvalue weighted by atomic mass is 10.0. The summed E-state index contributed by atoms with van der Waals surface area (Å²) in [6.45, 7) is 7.83. The summed E-state index contributed by atoms with van der Waals surface area (Å²) in [4.78, 5) is 34.5. The van der Waals surface area contributed by atoms with Gasteiger partial charge in [0.05, 0.1) is 30.2 Å². The van der Waals surface area contributed by atoms with E-state index in [1.165, 1.54) is 0 Å². The number of hydrogen-bond donors (Lipinski definition) is 3. The van der Waals surface area contributed by atoms with Gasteiger partial charge < -0.3 is 25.4 Å². The number of anilines is 2. The van der Waals surface area contributed by atoms with E-state index in [0.717, 1.165) is 18.6 Å². The average molecular weight is 612 g/mol. The zero-order valence-corrected chi connectivity index (χ0v) is 23.4. The lowest BCUT2D eigenvalue weighted by molar-refractivity contribution is -0.140. The zero-order valence-electron chi connectivity index (χ0n) is 23.4. The molecular formula is C25H35F6N7O4. The summed E-state index contributed by atoms with van der Waals surface area (Å²) in [5.41, 5.74) is 0.629. The SMILES string of the molecule is CC.CC(O)CCOC1CCN(C2CCN(c3ncc(C(F)(F)F)cn3)CC2)C1=O.Nc1cn[nH]c(=O)c1C(F)(F)F. The molecule has 2 unspecified atom stereocenters. The number of amides is 1. The number of carbonyl (C=O) groups is 1. The lowest BCUT2D eigenvalue weighted by Gasteiger charge is -2.36. The molecule has 4 N–H and O–H groups in total. The standard InChI is InChI=1S/C18H25F3N4O3.C5H4F3N3O.C2H6/c1-12(26)5-9-28-15-4-8-25(16(15)27)14-2-6-24(7-3-14)17-22-10-13(11-23-17)18(19,20)21;6-5(7,8)3-2(9)1-10-11-4(3)12;1-2/h10-12,14-15,26H,2-9H2,1H3;1H,(H3,9,11,12);1-2H3. The third kappa shape index (κ3) is 9.54. The van der Waals surface area contributed by atoms with Crippen molar-refractivity contribution in [3.8, 4) is 0 Å². The van der Waals surface area contributed by atoms with Gasteiger partial charge in [-0.3, -0.25) is 9.59 Å². The van der Waals surface area contributed by atoms with Crippen LogP contribution in [0.2, 0.25) is 0 Å². The molecule has 0 aliphatic carbocycles. The van der Waals surface area contributed by atoms with E-state index < -0.39 is 46.9 Å². The number of carbonyl (C=O) groups excluding carboxylic acids is 1. The number of aliphatic hydroxyl groups is 1. The van der Waals surface area contributed by atoms with Gasteiger partial charge >= 0.3 is 12.4 Å². The highest BCUT2D eigenvalue weighted by molar-refractivity contribution is 5.83. The van der Waals surface area contributed by atoms with E-state index in [9.17, 15) is 41.0 Å². The molecule has 11 nitrogen and oxygen atoms in total. The van der Waals surface area contributed by atoms with E-state index >= 15 is 0 Å². The fourth-order valence-corrected chi connectivity index (χ4v) is 4.29. The quantitative estimate of drug-likeness (QED) is 0.418. The molecule has 0 aromatic carbocycles. The topological polar surface area (TPSA) is 151 Å². The van der Waals surface area contributed by atoms with E-state index in [1.54, 1.807) is 12.0 Å². The van der Waals surface area contributed by atoms with Crippen molar-refractivity contribution in [1.29, 1.82) is 0 Å². The van der Waals surface area contributed by atoms with Crippen molar-refractivity contribution in [1.82, 2.24) is 25.1 Å². The van der Waals surface area contributed by atoms with Gasteiger partial charge in [0, 0.05) is 44.5 Å². The number of aromatic amines is 1. The second-order valence-electron chi connectivity index (χ2n) is 9.33. The van der Waals surface area contributed by atoms with Crippen LogP contribution >= 0.6 is 0 Å². The van der Waals surface area contributed by atoms with Gasteiger partial charge in [-0.2, -0.15) is 31.4 Å². The van der Waals surface area contributed by atoms with Gasteiger partial charge in [-0.25, -0.2) is 15.1 Å². The number of halogens is 6. The maximum Gasteiger partial charge on any atom is 0.423 e. The highest BCUT2D eigenvalue weighted by Crippen LogP contribution is 2.30. The second kappa shape index (κ2) is 15.1. The summed E-state index contributed by atoms with van der Waals surface area (Å²) in [5, 5.41) is 14.0. The normalized spacial score (nSPS) is 18.6. The van der Waals surface area contributed by atoms with Crippen molar-refractivity contribution < 1.29 is 41.0 Å². The van der Waals surface area contributed by atoms with E-state index in [0.29, 0.717) is 51.9 Å². The Kier molecular flexibility index (Phi) is 12.5. The molecule has 1 amide bonds. The molecule has 42 heavy (non-hydrogen) atoms. The Morgan fingerprint density at radius 3 is 2.10 bits per heavy atom. The third-order valence-corrected chi connectivity index (χ3v) is 6.37. The van der Waals surface area contributed by atoms with E-state index in [4.69, 9.17) is 10.5 Å². The highest BCUT2D eigenvalue weighted by Gasteiger charge is 2.38. The molecule has 2 aliphatic heterocycles. The summed E-state index contributed by atoms with van der Waals surface area (Å²) < 4.78 is 79.4. The summed E-state index contributed by atoms with van der Waals surface area (Å²) in [5.74, 6) is 0.258. The van der Waals surface area contributed by atoms with E-state index in [1.807, 2.05) is 23.6 Å². The van der Waals surface area contributed by atoms with Crippen molar-refractivity contribution >= 4 is 17.5 Å². The second-order valence-corrected chi connectivity index (χ2v) is 9.33. The number of nitrogens with zero attached hydrogens (tertiary/aromatic N) is 5. The minimum absolute atomic E-state index is 0.0187. The first-order valence-electron chi connectivity index (χ1n) is 13.3. The van der Waals surface area contributed by atoms with Crippen LogP contribution in [0.25, 0.3) is 0 Å². The smallest absolute Gasteiger partial charge is 0.397 e. The van der Waals surface area contributed by atoms with Gasteiger partial charge in [-0.1, -0.05) is 13.8 Å². The molecule has 4 heterocycles. The third-order valence-electron chi connectivity index (χ3n) is 6.37. The number of nitrogens with one attached hydrogen (secondary N) is 1. The number of nitrogen functional groups attached to an aromatic ring is 1. The molecule has 0 bridgehead atoms. The monoisotopic (exact) mass is 611 g/mol. The summed E-state index contributed by atoms with van der Waals surface area (Å²) in [7, 11) is 0. The molecule has 2 aromatic rings. The number of ether oxygens (including phenoxy) is 1. The van der Waals surface area contributed by atoms with E-state index in [2.05, 4.69) is 15.1 Å². The summed E-state index contributed by atoms with van der Waals surface area (Å²) in [6, 6.07) is 0.0866.